The van der Waals surface area contributed by atoms with Gasteiger partial charge in [0.05, 0.1) is 12.2 Å². The van der Waals surface area contributed by atoms with Crippen LogP contribution in [0.25, 0.3) is 0 Å². The number of fused-ring (bicyclic) bond motifs is 2. The second kappa shape index (κ2) is 1.45. The van der Waals surface area contributed by atoms with Crippen LogP contribution in [0.1, 0.15) is 19.3 Å². The minimum Gasteiger partial charge on any atom is -0.373 e. The molecule has 0 spiro atoms. The molecule has 8 heavy (non-hydrogen) atoms. The molecule has 3 atom stereocenters. The molecule has 2 bridgehead atoms. The molecule has 2 fully saturated rings. The Balaban J connectivity index is 2.11. The van der Waals surface area contributed by atoms with Crippen LogP contribution < -0.4 is 5.73 Å². The van der Waals surface area contributed by atoms with Gasteiger partial charge < -0.3 is 10.5 Å². The standard InChI is InChI=1S/C6H11NO/c7-5-3-4-1-2-6(5)8-4/h4-6H,1-3,7H2/t4-,5-,6+/m1/s1. The molecule has 0 unspecified atom stereocenters. The summed E-state index contributed by atoms with van der Waals surface area (Å²) in [6.45, 7) is 0. The second-order valence-corrected chi connectivity index (χ2v) is 2.77. The van der Waals surface area contributed by atoms with Gasteiger partial charge in [-0.2, -0.15) is 0 Å². The van der Waals surface area contributed by atoms with Crippen molar-refractivity contribution in [3.8, 4) is 0 Å². The normalized spacial score (nSPS) is 52.9. The molecule has 0 aromatic carbocycles. The third-order valence-electron chi connectivity index (χ3n) is 2.15. The molecule has 2 N–H and O–H groups in total. The monoisotopic (exact) mass is 113 g/mol. The molecule has 2 nitrogen and oxygen atoms in total. The van der Waals surface area contributed by atoms with Crippen molar-refractivity contribution in [2.75, 3.05) is 0 Å². The first-order valence-corrected chi connectivity index (χ1v) is 3.27. The van der Waals surface area contributed by atoms with E-state index in [-0.39, 0.29) is 0 Å². The SMILES string of the molecule is N[C@@H]1C[C@H]2CC[C@@H]1O2. The number of rotatable bonds is 0. The van der Waals surface area contributed by atoms with E-state index in [1.165, 1.54) is 12.8 Å². The molecule has 0 radical (unpaired) electrons. The zero-order chi connectivity index (χ0) is 5.56. The van der Waals surface area contributed by atoms with E-state index in [2.05, 4.69) is 0 Å². The summed E-state index contributed by atoms with van der Waals surface area (Å²) in [4.78, 5) is 0. The molecule has 0 aromatic heterocycles. The molecule has 2 heterocycles. The first kappa shape index (κ1) is 4.77. The fourth-order valence-corrected chi connectivity index (χ4v) is 1.68. The van der Waals surface area contributed by atoms with E-state index >= 15 is 0 Å². The Kier molecular flexibility index (Phi) is 0.866. The van der Waals surface area contributed by atoms with Crippen molar-refractivity contribution in [2.45, 2.75) is 37.5 Å². The topological polar surface area (TPSA) is 35.2 Å². The lowest BCUT2D eigenvalue weighted by atomic mass is 9.97. The fourth-order valence-electron chi connectivity index (χ4n) is 1.68. The van der Waals surface area contributed by atoms with Gasteiger partial charge in [0.2, 0.25) is 0 Å². The minimum atomic E-state index is 0.355. The number of hydrogen-bond donors (Lipinski definition) is 1. The highest BCUT2D eigenvalue weighted by molar-refractivity contribution is 4.91. The maximum Gasteiger partial charge on any atom is 0.0731 e. The summed E-state index contributed by atoms with van der Waals surface area (Å²) in [6.07, 6.45) is 4.49. The Morgan fingerprint density at radius 3 is 2.50 bits per heavy atom. The van der Waals surface area contributed by atoms with E-state index in [0.29, 0.717) is 18.2 Å². The van der Waals surface area contributed by atoms with Gasteiger partial charge >= 0.3 is 0 Å². The van der Waals surface area contributed by atoms with E-state index in [0.717, 1.165) is 6.42 Å². The lowest BCUT2D eigenvalue weighted by Gasteiger charge is -2.11. The van der Waals surface area contributed by atoms with Gasteiger partial charge in [0.25, 0.3) is 0 Å². The smallest absolute Gasteiger partial charge is 0.0731 e. The Morgan fingerprint density at radius 1 is 1.38 bits per heavy atom. The molecule has 2 aliphatic rings. The molecule has 0 aromatic rings. The van der Waals surface area contributed by atoms with Crippen LogP contribution >= 0.6 is 0 Å². The molecular weight excluding hydrogens is 102 g/mol. The average Bonchev–Trinajstić information content (AvgIpc) is 2.23. The van der Waals surface area contributed by atoms with Crippen molar-refractivity contribution in [3.63, 3.8) is 0 Å². The van der Waals surface area contributed by atoms with Crippen LogP contribution in [0.3, 0.4) is 0 Å². The number of nitrogens with two attached hydrogens (primary N) is 1. The van der Waals surface area contributed by atoms with Crippen LogP contribution in [0.15, 0.2) is 0 Å². The highest BCUT2D eigenvalue weighted by Crippen LogP contribution is 2.32. The van der Waals surface area contributed by atoms with Crippen LogP contribution in [0.5, 0.6) is 0 Å². The van der Waals surface area contributed by atoms with Gasteiger partial charge in [-0.3, -0.25) is 0 Å². The molecule has 0 amide bonds. The highest BCUT2D eigenvalue weighted by Gasteiger charge is 2.38. The molecule has 46 valence electrons. The van der Waals surface area contributed by atoms with E-state index in [9.17, 15) is 0 Å². The third-order valence-corrected chi connectivity index (χ3v) is 2.15. The lowest BCUT2D eigenvalue weighted by Crippen LogP contribution is -2.30. The number of hydrogen-bond acceptors (Lipinski definition) is 2. The van der Waals surface area contributed by atoms with Crippen molar-refractivity contribution in [1.82, 2.24) is 0 Å². The largest absolute Gasteiger partial charge is 0.373 e. The molecule has 0 aliphatic carbocycles. The first-order chi connectivity index (χ1) is 3.86. The summed E-state index contributed by atoms with van der Waals surface area (Å²) >= 11 is 0. The Labute approximate surface area is 49.0 Å². The maximum absolute atomic E-state index is 5.69. The van der Waals surface area contributed by atoms with Gasteiger partial charge in [-0.15, -0.1) is 0 Å². The Bertz CT molecular complexity index is 103. The summed E-state index contributed by atoms with van der Waals surface area (Å²) in [6, 6.07) is 0.355. The zero-order valence-corrected chi connectivity index (χ0v) is 4.84. The van der Waals surface area contributed by atoms with Crippen molar-refractivity contribution >= 4 is 0 Å². The first-order valence-electron chi connectivity index (χ1n) is 3.27. The summed E-state index contributed by atoms with van der Waals surface area (Å²) < 4.78 is 5.46. The van der Waals surface area contributed by atoms with Crippen molar-refractivity contribution in [3.05, 3.63) is 0 Å². The third kappa shape index (κ3) is 0.501. The van der Waals surface area contributed by atoms with Gasteiger partial charge in [0, 0.05) is 6.04 Å². The summed E-state index contributed by atoms with van der Waals surface area (Å²) in [5.41, 5.74) is 5.69. The minimum absolute atomic E-state index is 0.355. The Hall–Kier alpha value is -0.0800. The predicted octanol–water partition coefficient (Wildman–Crippen LogP) is 0.265. The molecule has 0 saturated carbocycles. The molecular formula is C6H11NO. The summed E-state index contributed by atoms with van der Waals surface area (Å²) in [7, 11) is 0. The quantitative estimate of drug-likeness (QED) is 0.489. The summed E-state index contributed by atoms with van der Waals surface area (Å²) in [5.74, 6) is 0. The van der Waals surface area contributed by atoms with Crippen LogP contribution in [-0.2, 0) is 4.74 Å². The van der Waals surface area contributed by atoms with E-state index in [1.807, 2.05) is 0 Å². The predicted molar refractivity (Wildman–Crippen MR) is 30.5 cm³/mol. The molecule has 2 heteroatoms. The van der Waals surface area contributed by atoms with E-state index in [1.54, 1.807) is 0 Å². The summed E-state index contributed by atoms with van der Waals surface area (Å²) in [5, 5.41) is 0. The van der Waals surface area contributed by atoms with E-state index < -0.39 is 0 Å². The van der Waals surface area contributed by atoms with Gasteiger partial charge in [-0.05, 0) is 19.3 Å². The highest BCUT2D eigenvalue weighted by atomic mass is 16.5. The van der Waals surface area contributed by atoms with Crippen LogP contribution in [0, 0.1) is 0 Å². The number of ether oxygens (including phenoxy) is 1. The van der Waals surface area contributed by atoms with Crippen molar-refractivity contribution < 1.29 is 4.74 Å². The van der Waals surface area contributed by atoms with Gasteiger partial charge in [-0.25, -0.2) is 0 Å². The van der Waals surface area contributed by atoms with E-state index in [4.69, 9.17) is 10.5 Å². The van der Waals surface area contributed by atoms with Crippen LogP contribution in [0.2, 0.25) is 0 Å². The molecule has 2 rings (SSSR count). The Morgan fingerprint density at radius 2 is 2.25 bits per heavy atom. The van der Waals surface area contributed by atoms with Gasteiger partial charge in [-0.1, -0.05) is 0 Å². The zero-order valence-electron chi connectivity index (χ0n) is 4.84. The van der Waals surface area contributed by atoms with Crippen LogP contribution in [-0.4, -0.2) is 18.2 Å². The van der Waals surface area contributed by atoms with Gasteiger partial charge in [0.15, 0.2) is 0 Å². The van der Waals surface area contributed by atoms with Crippen molar-refractivity contribution in [1.29, 1.82) is 0 Å². The average molecular weight is 113 g/mol. The molecule has 2 saturated heterocycles. The van der Waals surface area contributed by atoms with Gasteiger partial charge in [0.1, 0.15) is 0 Å². The lowest BCUT2D eigenvalue weighted by molar-refractivity contribution is 0.101. The molecule has 2 aliphatic heterocycles. The van der Waals surface area contributed by atoms with Crippen LogP contribution in [0.4, 0.5) is 0 Å². The maximum atomic E-state index is 5.69. The fraction of sp³-hybridized carbons (Fsp3) is 1.00. The second-order valence-electron chi connectivity index (χ2n) is 2.77. The van der Waals surface area contributed by atoms with Crippen molar-refractivity contribution in [2.24, 2.45) is 5.73 Å².